The minimum absolute atomic E-state index is 0.178. The zero-order valence-electron chi connectivity index (χ0n) is 9.87. The molecule has 0 saturated carbocycles. The van der Waals surface area contributed by atoms with E-state index in [9.17, 15) is 4.79 Å². The molecule has 0 saturated heterocycles. The molecule has 0 bridgehead atoms. The molecule has 0 spiro atoms. The summed E-state index contributed by atoms with van der Waals surface area (Å²) in [6, 6.07) is 7.21. The van der Waals surface area contributed by atoms with Crippen molar-refractivity contribution in [1.82, 2.24) is 10.2 Å². The Balaban J connectivity index is 2.70. The fraction of sp³-hybridized carbons (Fsp3) is 0.333. The molecule has 92 valence electrons. The van der Waals surface area contributed by atoms with Crippen molar-refractivity contribution < 1.29 is 4.79 Å². The van der Waals surface area contributed by atoms with Gasteiger partial charge in [-0.1, -0.05) is 22.0 Å². The first-order chi connectivity index (χ1) is 8.08. The molecule has 17 heavy (non-hydrogen) atoms. The number of hydrogen-bond donors (Lipinski definition) is 1. The number of rotatable bonds is 3. The van der Waals surface area contributed by atoms with Crippen molar-refractivity contribution in [3.8, 4) is 0 Å². The van der Waals surface area contributed by atoms with E-state index in [1.165, 1.54) is 0 Å². The van der Waals surface area contributed by atoms with E-state index in [2.05, 4.69) is 21.2 Å². The number of nitrogens with one attached hydrogen (secondary N) is 1. The highest BCUT2D eigenvalue weighted by molar-refractivity contribution is 9.10. The molecule has 0 fully saturated rings. The molecule has 1 amide bonds. The second kappa shape index (κ2) is 6.71. The van der Waals surface area contributed by atoms with E-state index >= 15 is 0 Å². The van der Waals surface area contributed by atoms with E-state index in [0.717, 1.165) is 17.6 Å². The van der Waals surface area contributed by atoms with Crippen molar-refractivity contribution >= 4 is 39.2 Å². The van der Waals surface area contributed by atoms with Gasteiger partial charge in [0.25, 0.3) is 5.91 Å². The predicted octanol–water partition coefficient (Wildman–Crippen LogP) is 2.81. The maximum absolute atomic E-state index is 11.9. The third-order valence-corrected chi connectivity index (χ3v) is 3.21. The van der Waals surface area contributed by atoms with Crippen LogP contribution in [0, 0.1) is 0 Å². The number of nitrogens with zero attached hydrogens (tertiary/aromatic N) is 1. The molecular formula is C12H15BrN2OS. The third kappa shape index (κ3) is 4.09. The van der Waals surface area contributed by atoms with Crippen molar-refractivity contribution in [1.29, 1.82) is 0 Å². The lowest BCUT2D eigenvalue weighted by Gasteiger charge is -2.21. The molecule has 0 atom stereocenters. The fourth-order valence-corrected chi connectivity index (χ4v) is 2.14. The average Bonchev–Trinajstić information content (AvgIpc) is 2.30. The van der Waals surface area contributed by atoms with Gasteiger partial charge in [0.2, 0.25) is 0 Å². The van der Waals surface area contributed by atoms with E-state index in [1.807, 2.05) is 30.9 Å². The maximum Gasteiger partial charge on any atom is 0.257 e. The number of benzene rings is 1. The topological polar surface area (TPSA) is 32.3 Å². The lowest BCUT2D eigenvalue weighted by molar-refractivity contribution is 0.0973. The van der Waals surface area contributed by atoms with Crippen molar-refractivity contribution in [2.75, 3.05) is 13.1 Å². The van der Waals surface area contributed by atoms with Gasteiger partial charge in [-0.15, -0.1) is 0 Å². The molecule has 3 nitrogen and oxygen atoms in total. The summed E-state index contributed by atoms with van der Waals surface area (Å²) in [5, 5.41) is 3.20. The molecule has 0 unspecified atom stereocenters. The van der Waals surface area contributed by atoms with Crippen molar-refractivity contribution in [2.45, 2.75) is 13.8 Å². The van der Waals surface area contributed by atoms with Crippen LogP contribution < -0.4 is 5.32 Å². The predicted molar refractivity (Wildman–Crippen MR) is 77.1 cm³/mol. The van der Waals surface area contributed by atoms with Crippen molar-refractivity contribution in [3.05, 3.63) is 34.3 Å². The molecule has 1 aromatic rings. The van der Waals surface area contributed by atoms with Crippen LogP contribution in [0.5, 0.6) is 0 Å². The van der Waals surface area contributed by atoms with E-state index in [-0.39, 0.29) is 5.91 Å². The van der Waals surface area contributed by atoms with Gasteiger partial charge in [0, 0.05) is 23.1 Å². The minimum Gasteiger partial charge on any atom is -0.350 e. The summed E-state index contributed by atoms with van der Waals surface area (Å²) in [6.45, 7) is 5.57. The highest BCUT2D eigenvalue weighted by Gasteiger charge is 2.11. The SMILES string of the molecule is CCN(CC)C(=S)NC(=O)c1cccc(Br)c1. The first kappa shape index (κ1) is 14.1. The smallest absolute Gasteiger partial charge is 0.257 e. The van der Waals surface area contributed by atoms with Crippen LogP contribution in [0.1, 0.15) is 24.2 Å². The second-order valence-corrected chi connectivity index (χ2v) is 4.74. The largest absolute Gasteiger partial charge is 0.350 e. The lowest BCUT2D eigenvalue weighted by atomic mass is 10.2. The molecule has 0 aliphatic carbocycles. The first-order valence-electron chi connectivity index (χ1n) is 5.44. The van der Waals surface area contributed by atoms with Crippen LogP contribution in [-0.2, 0) is 0 Å². The van der Waals surface area contributed by atoms with Crippen LogP contribution in [0.4, 0.5) is 0 Å². The average molecular weight is 315 g/mol. The third-order valence-electron chi connectivity index (χ3n) is 2.36. The van der Waals surface area contributed by atoms with Crippen molar-refractivity contribution in [2.24, 2.45) is 0 Å². The zero-order valence-corrected chi connectivity index (χ0v) is 12.3. The molecule has 0 aromatic heterocycles. The van der Waals surface area contributed by atoms with Crippen LogP contribution >= 0.6 is 28.1 Å². The van der Waals surface area contributed by atoms with E-state index in [1.54, 1.807) is 12.1 Å². The number of halogens is 1. The second-order valence-electron chi connectivity index (χ2n) is 3.44. The quantitative estimate of drug-likeness (QED) is 0.871. The Hall–Kier alpha value is -0.940. The summed E-state index contributed by atoms with van der Waals surface area (Å²) in [7, 11) is 0. The molecule has 0 radical (unpaired) electrons. The highest BCUT2D eigenvalue weighted by atomic mass is 79.9. The minimum atomic E-state index is -0.178. The van der Waals surface area contributed by atoms with E-state index < -0.39 is 0 Å². The summed E-state index contributed by atoms with van der Waals surface area (Å²) >= 11 is 8.49. The van der Waals surface area contributed by atoms with E-state index in [0.29, 0.717) is 10.7 Å². The van der Waals surface area contributed by atoms with Gasteiger partial charge in [-0.2, -0.15) is 0 Å². The van der Waals surface area contributed by atoms with Gasteiger partial charge in [-0.05, 0) is 44.3 Å². The molecule has 5 heteroatoms. The summed E-state index contributed by atoms with van der Waals surface area (Å²) in [5.74, 6) is -0.178. The van der Waals surface area contributed by atoms with Crippen LogP contribution in [0.3, 0.4) is 0 Å². The molecule has 0 heterocycles. The van der Waals surface area contributed by atoms with Gasteiger partial charge in [-0.3, -0.25) is 10.1 Å². The number of thiocarbonyl (C=S) groups is 1. The maximum atomic E-state index is 11.9. The number of hydrogen-bond acceptors (Lipinski definition) is 2. The number of carbonyl (C=O) groups is 1. The Bertz CT molecular complexity index is 419. The Labute approximate surface area is 115 Å². The summed E-state index contributed by atoms with van der Waals surface area (Å²) in [5.41, 5.74) is 0.592. The zero-order chi connectivity index (χ0) is 12.8. The molecule has 0 aliphatic heterocycles. The van der Waals surface area contributed by atoms with Gasteiger partial charge in [0.05, 0.1) is 0 Å². The summed E-state index contributed by atoms with van der Waals surface area (Å²) < 4.78 is 0.874. The highest BCUT2D eigenvalue weighted by Crippen LogP contribution is 2.11. The summed E-state index contributed by atoms with van der Waals surface area (Å²) in [4.78, 5) is 13.8. The Morgan fingerprint density at radius 1 is 1.41 bits per heavy atom. The molecule has 1 aromatic carbocycles. The van der Waals surface area contributed by atoms with Gasteiger partial charge >= 0.3 is 0 Å². The van der Waals surface area contributed by atoms with Gasteiger partial charge in [0.15, 0.2) is 5.11 Å². The van der Waals surface area contributed by atoms with Crippen LogP contribution in [0.25, 0.3) is 0 Å². The fourth-order valence-electron chi connectivity index (χ4n) is 1.39. The Morgan fingerprint density at radius 2 is 2.06 bits per heavy atom. The standard InChI is InChI=1S/C12H15BrN2OS/c1-3-15(4-2)12(17)14-11(16)9-6-5-7-10(13)8-9/h5-8H,3-4H2,1-2H3,(H,14,16,17). The lowest BCUT2D eigenvalue weighted by Crippen LogP contribution is -2.42. The summed E-state index contributed by atoms with van der Waals surface area (Å²) in [6.07, 6.45) is 0. The van der Waals surface area contributed by atoms with Gasteiger partial charge in [0.1, 0.15) is 0 Å². The normalized spacial score (nSPS) is 9.82. The molecule has 1 N–H and O–H groups in total. The van der Waals surface area contributed by atoms with Gasteiger partial charge < -0.3 is 4.90 Å². The Kier molecular flexibility index (Phi) is 5.58. The van der Waals surface area contributed by atoms with Gasteiger partial charge in [-0.25, -0.2) is 0 Å². The van der Waals surface area contributed by atoms with Crippen LogP contribution in [0.15, 0.2) is 28.7 Å². The van der Waals surface area contributed by atoms with Crippen LogP contribution in [-0.4, -0.2) is 29.0 Å². The first-order valence-corrected chi connectivity index (χ1v) is 6.64. The van der Waals surface area contributed by atoms with Crippen molar-refractivity contribution in [3.63, 3.8) is 0 Å². The van der Waals surface area contributed by atoms with Crippen LogP contribution in [0.2, 0.25) is 0 Å². The number of carbonyl (C=O) groups excluding carboxylic acids is 1. The molecular weight excluding hydrogens is 300 g/mol. The Morgan fingerprint density at radius 3 is 2.59 bits per heavy atom. The molecule has 0 aliphatic rings. The molecule has 1 rings (SSSR count). The number of amides is 1. The monoisotopic (exact) mass is 314 g/mol. The van der Waals surface area contributed by atoms with E-state index in [4.69, 9.17) is 12.2 Å².